The Kier molecular flexibility index (Phi) is 3.91. The van der Waals surface area contributed by atoms with Crippen LogP contribution in [-0.4, -0.2) is 20.8 Å². The molecule has 0 saturated heterocycles. The Hall–Kier alpha value is -2.22. The van der Waals surface area contributed by atoms with Gasteiger partial charge in [0, 0.05) is 34.6 Å². The van der Waals surface area contributed by atoms with Crippen molar-refractivity contribution in [2.75, 3.05) is 0 Å². The van der Waals surface area contributed by atoms with Crippen molar-refractivity contribution in [3.63, 3.8) is 0 Å². The van der Waals surface area contributed by atoms with Gasteiger partial charge in [0.05, 0.1) is 11.5 Å². The van der Waals surface area contributed by atoms with E-state index in [4.69, 9.17) is 0 Å². The SMILES string of the molecule is O=C(NCc1ncc[nH]1)c1cc(Br)cc([N+](=O)[O-])c1. The number of non-ortho nitro benzene ring substituents is 1. The molecule has 7 nitrogen and oxygen atoms in total. The van der Waals surface area contributed by atoms with Crippen LogP contribution < -0.4 is 5.32 Å². The molecule has 0 unspecified atom stereocenters. The van der Waals surface area contributed by atoms with Crippen LogP contribution in [-0.2, 0) is 6.54 Å². The van der Waals surface area contributed by atoms with Gasteiger partial charge in [-0.2, -0.15) is 0 Å². The lowest BCUT2D eigenvalue weighted by Crippen LogP contribution is -2.23. The van der Waals surface area contributed by atoms with Crippen molar-refractivity contribution in [2.24, 2.45) is 0 Å². The number of aromatic nitrogens is 2. The first kappa shape index (κ1) is 13.2. The first-order valence-corrected chi connectivity index (χ1v) is 6.07. The second-order valence-electron chi connectivity index (χ2n) is 3.67. The number of aromatic amines is 1. The molecule has 8 heteroatoms. The molecule has 98 valence electrons. The van der Waals surface area contributed by atoms with Crippen molar-refractivity contribution < 1.29 is 9.72 Å². The number of halogens is 1. The van der Waals surface area contributed by atoms with Crippen LogP contribution >= 0.6 is 15.9 Å². The highest BCUT2D eigenvalue weighted by Crippen LogP contribution is 2.21. The lowest BCUT2D eigenvalue weighted by Gasteiger charge is -2.04. The number of nitro benzene ring substituents is 1. The summed E-state index contributed by atoms with van der Waals surface area (Å²) in [5.41, 5.74) is 0.0742. The van der Waals surface area contributed by atoms with Crippen LogP contribution in [0.5, 0.6) is 0 Å². The molecule has 0 saturated carbocycles. The molecule has 0 atom stereocenters. The van der Waals surface area contributed by atoms with E-state index in [2.05, 4.69) is 31.2 Å². The van der Waals surface area contributed by atoms with Crippen LogP contribution in [0.2, 0.25) is 0 Å². The summed E-state index contributed by atoms with van der Waals surface area (Å²) in [4.78, 5) is 28.8. The van der Waals surface area contributed by atoms with E-state index in [1.165, 1.54) is 18.2 Å². The molecule has 2 rings (SSSR count). The number of hydrogen-bond donors (Lipinski definition) is 2. The number of benzene rings is 1. The molecule has 1 aromatic heterocycles. The highest BCUT2D eigenvalue weighted by molar-refractivity contribution is 9.10. The Morgan fingerprint density at radius 1 is 1.47 bits per heavy atom. The van der Waals surface area contributed by atoms with Crippen LogP contribution in [0.3, 0.4) is 0 Å². The Balaban J connectivity index is 2.12. The molecule has 2 aromatic rings. The lowest BCUT2D eigenvalue weighted by molar-refractivity contribution is -0.385. The molecule has 19 heavy (non-hydrogen) atoms. The molecule has 2 N–H and O–H groups in total. The van der Waals surface area contributed by atoms with Crippen molar-refractivity contribution >= 4 is 27.5 Å². The van der Waals surface area contributed by atoms with Gasteiger partial charge in [-0.1, -0.05) is 15.9 Å². The maximum atomic E-state index is 11.9. The number of H-pyrrole nitrogens is 1. The average Bonchev–Trinajstić information content (AvgIpc) is 2.88. The molecule has 0 spiro atoms. The third kappa shape index (κ3) is 3.38. The predicted octanol–water partition coefficient (Wildman–Crippen LogP) is 2.01. The van der Waals surface area contributed by atoms with Gasteiger partial charge in [-0.3, -0.25) is 14.9 Å². The van der Waals surface area contributed by atoms with Gasteiger partial charge in [-0.05, 0) is 6.07 Å². The van der Waals surface area contributed by atoms with Gasteiger partial charge in [0.1, 0.15) is 5.82 Å². The molecule has 0 aliphatic carbocycles. The molecule has 1 amide bonds. The first-order chi connectivity index (χ1) is 9.06. The fourth-order valence-electron chi connectivity index (χ4n) is 1.47. The van der Waals surface area contributed by atoms with E-state index in [9.17, 15) is 14.9 Å². The molecular weight excluding hydrogens is 316 g/mol. The van der Waals surface area contributed by atoms with Gasteiger partial charge in [0.2, 0.25) is 0 Å². The molecule has 0 bridgehead atoms. The number of nitrogens with zero attached hydrogens (tertiary/aromatic N) is 2. The molecular formula is C11H9BrN4O3. The zero-order valence-corrected chi connectivity index (χ0v) is 11.2. The minimum absolute atomic E-state index is 0.141. The number of nitro groups is 1. The summed E-state index contributed by atoms with van der Waals surface area (Å²) in [6.07, 6.45) is 3.22. The van der Waals surface area contributed by atoms with Gasteiger partial charge in [-0.15, -0.1) is 0 Å². The summed E-state index contributed by atoms with van der Waals surface area (Å²) in [7, 11) is 0. The Labute approximate surface area is 116 Å². The van der Waals surface area contributed by atoms with E-state index in [-0.39, 0.29) is 17.8 Å². The highest BCUT2D eigenvalue weighted by atomic mass is 79.9. The number of nitrogens with one attached hydrogen (secondary N) is 2. The zero-order valence-electron chi connectivity index (χ0n) is 9.59. The monoisotopic (exact) mass is 324 g/mol. The van der Waals surface area contributed by atoms with Gasteiger partial charge in [0.25, 0.3) is 11.6 Å². The predicted molar refractivity (Wildman–Crippen MR) is 70.6 cm³/mol. The second-order valence-corrected chi connectivity index (χ2v) is 4.59. The molecule has 1 heterocycles. The fourth-order valence-corrected chi connectivity index (χ4v) is 1.95. The van der Waals surface area contributed by atoms with E-state index in [1.807, 2.05) is 0 Å². The van der Waals surface area contributed by atoms with Gasteiger partial charge >= 0.3 is 0 Å². The summed E-state index contributed by atoms with van der Waals surface area (Å²) < 4.78 is 0.477. The summed E-state index contributed by atoms with van der Waals surface area (Å²) >= 11 is 3.14. The zero-order chi connectivity index (χ0) is 13.8. The number of hydrogen-bond acceptors (Lipinski definition) is 4. The van der Waals surface area contributed by atoms with E-state index >= 15 is 0 Å². The Morgan fingerprint density at radius 3 is 2.89 bits per heavy atom. The third-order valence-electron chi connectivity index (χ3n) is 2.33. The number of rotatable bonds is 4. The van der Waals surface area contributed by atoms with Gasteiger partial charge in [0.15, 0.2) is 0 Å². The van der Waals surface area contributed by atoms with E-state index in [0.717, 1.165) is 0 Å². The highest BCUT2D eigenvalue weighted by Gasteiger charge is 2.13. The van der Waals surface area contributed by atoms with Crippen LogP contribution in [0.1, 0.15) is 16.2 Å². The van der Waals surface area contributed by atoms with Crippen molar-refractivity contribution in [1.82, 2.24) is 15.3 Å². The van der Waals surface area contributed by atoms with Gasteiger partial charge in [-0.25, -0.2) is 4.98 Å². The quantitative estimate of drug-likeness (QED) is 0.663. The Bertz CT molecular complexity index is 612. The van der Waals surface area contributed by atoms with E-state index < -0.39 is 10.8 Å². The van der Waals surface area contributed by atoms with E-state index in [1.54, 1.807) is 12.4 Å². The smallest absolute Gasteiger partial charge is 0.271 e. The molecule has 1 aromatic carbocycles. The van der Waals surface area contributed by atoms with Gasteiger partial charge < -0.3 is 10.3 Å². The van der Waals surface area contributed by atoms with Crippen LogP contribution in [0.4, 0.5) is 5.69 Å². The third-order valence-corrected chi connectivity index (χ3v) is 2.78. The van der Waals surface area contributed by atoms with Crippen molar-refractivity contribution in [3.05, 3.63) is 56.6 Å². The summed E-state index contributed by atoms with van der Waals surface area (Å²) in [5.74, 6) is 0.207. The number of amides is 1. The second kappa shape index (κ2) is 5.61. The largest absolute Gasteiger partial charge is 0.347 e. The lowest BCUT2D eigenvalue weighted by atomic mass is 10.2. The van der Waals surface area contributed by atoms with Crippen LogP contribution in [0, 0.1) is 10.1 Å². The molecule has 0 fully saturated rings. The van der Waals surface area contributed by atoms with Crippen molar-refractivity contribution in [3.8, 4) is 0 Å². The maximum absolute atomic E-state index is 11.9. The van der Waals surface area contributed by atoms with Crippen LogP contribution in [0.15, 0.2) is 35.1 Å². The maximum Gasteiger partial charge on any atom is 0.271 e. The summed E-state index contributed by atoms with van der Waals surface area (Å²) in [6.45, 7) is 0.228. The number of imidazole rings is 1. The molecule has 0 aliphatic rings. The van der Waals surface area contributed by atoms with E-state index in [0.29, 0.717) is 10.3 Å². The molecule has 0 radical (unpaired) electrons. The standard InChI is InChI=1S/C11H9BrN4O3/c12-8-3-7(4-9(5-8)16(18)19)11(17)15-6-10-13-1-2-14-10/h1-5H,6H2,(H,13,14)(H,15,17). The van der Waals surface area contributed by atoms with Crippen molar-refractivity contribution in [1.29, 1.82) is 0 Å². The fraction of sp³-hybridized carbons (Fsp3) is 0.0909. The number of carbonyl (C=O) groups excluding carboxylic acids is 1. The summed E-state index contributed by atoms with van der Waals surface area (Å²) in [5, 5.41) is 13.3. The summed E-state index contributed by atoms with van der Waals surface area (Å²) in [6, 6.07) is 4.08. The number of carbonyl (C=O) groups is 1. The minimum atomic E-state index is -0.548. The Morgan fingerprint density at radius 2 is 2.26 bits per heavy atom. The van der Waals surface area contributed by atoms with Crippen molar-refractivity contribution in [2.45, 2.75) is 6.54 Å². The normalized spacial score (nSPS) is 10.2. The molecule has 0 aliphatic heterocycles. The van der Waals surface area contributed by atoms with Crippen LogP contribution in [0.25, 0.3) is 0 Å². The topological polar surface area (TPSA) is 101 Å². The first-order valence-electron chi connectivity index (χ1n) is 5.27. The average molecular weight is 325 g/mol. The minimum Gasteiger partial charge on any atom is -0.347 e.